The Morgan fingerprint density at radius 3 is 2.41 bits per heavy atom. The molecule has 2 aromatic rings. The van der Waals surface area contributed by atoms with Crippen LogP contribution in [-0.2, 0) is 25.8 Å². The second-order valence-electron chi connectivity index (χ2n) is 5.53. The van der Waals surface area contributed by atoms with Crippen molar-refractivity contribution < 1.29 is 37.5 Å². The molecular weight excluding hydrogens is 393 g/mol. The highest BCUT2D eigenvalue weighted by Gasteiger charge is 2.38. The summed E-state index contributed by atoms with van der Waals surface area (Å²) in [5, 5.41) is 16.2. The van der Waals surface area contributed by atoms with Crippen molar-refractivity contribution in [2.75, 3.05) is 14.2 Å². The maximum atomic E-state index is 13.3. The number of benzene rings is 2. The fraction of sp³-hybridized carbons (Fsp3) is 0.211. The number of phenols is 1. The predicted octanol–water partition coefficient (Wildman–Crippen LogP) is 3.40. The van der Waals surface area contributed by atoms with E-state index in [0.29, 0.717) is 5.56 Å². The number of methoxy groups -OCH3 is 1. The van der Waals surface area contributed by atoms with Crippen molar-refractivity contribution in [2.45, 2.75) is 12.8 Å². The van der Waals surface area contributed by atoms with Gasteiger partial charge < -0.3 is 19.5 Å². The van der Waals surface area contributed by atoms with Crippen LogP contribution < -0.4 is 0 Å². The summed E-state index contributed by atoms with van der Waals surface area (Å²) in [6.07, 6.45) is -4.82. The van der Waals surface area contributed by atoms with E-state index in [1.165, 1.54) is 31.4 Å². The number of hydrogen-bond donors (Lipinski definition) is 1. The molecular formula is C19H17F3N2O5. The quantitative estimate of drug-likeness (QED) is 0.429. The second kappa shape index (κ2) is 9.58. The minimum Gasteiger partial charge on any atom is -0.508 e. The lowest BCUT2D eigenvalue weighted by Gasteiger charge is -2.12. The molecule has 0 fully saturated rings. The van der Waals surface area contributed by atoms with E-state index >= 15 is 0 Å². The molecule has 0 aliphatic heterocycles. The van der Waals surface area contributed by atoms with Crippen LogP contribution in [0.3, 0.4) is 0 Å². The largest absolute Gasteiger partial charge is 0.508 e. The van der Waals surface area contributed by atoms with Gasteiger partial charge >= 0.3 is 12.1 Å². The topological polar surface area (TPSA) is 89.7 Å². The highest BCUT2D eigenvalue weighted by Crippen LogP contribution is 2.25. The van der Waals surface area contributed by atoms with Crippen LogP contribution in [0.25, 0.3) is 0 Å². The Morgan fingerprint density at radius 2 is 1.79 bits per heavy atom. The highest BCUT2D eigenvalue weighted by molar-refractivity contribution is 6.43. The van der Waals surface area contributed by atoms with Crippen molar-refractivity contribution in [3.8, 4) is 5.75 Å². The Labute approximate surface area is 164 Å². The first kappa shape index (κ1) is 21.7. The van der Waals surface area contributed by atoms with Crippen molar-refractivity contribution >= 4 is 17.4 Å². The van der Waals surface area contributed by atoms with E-state index in [2.05, 4.69) is 19.9 Å². The third-order valence-corrected chi connectivity index (χ3v) is 3.60. The Balaban J connectivity index is 2.33. The van der Waals surface area contributed by atoms with Crippen LogP contribution in [0, 0.1) is 0 Å². The SMILES string of the molecule is CON=C(C(=O)OC)c1ccccc1CON=C(c1cccc(O)c1)C(F)(F)F. The van der Waals surface area contributed by atoms with E-state index in [9.17, 15) is 23.1 Å². The number of carbonyl (C=O) groups is 1. The molecule has 29 heavy (non-hydrogen) atoms. The molecule has 0 atom stereocenters. The fourth-order valence-electron chi connectivity index (χ4n) is 2.35. The molecule has 0 heterocycles. The van der Waals surface area contributed by atoms with Gasteiger partial charge in [-0.05, 0) is 12.1 Å². The standard InChI is InChI=1S/C19H17F3N2O5/c1-27-18(26)16(23-28-2)15-9-4-3-6-13(15)11-29-24-17(19(20,21)22)12-7-5-8-14(25)10-12/h3-10,25H,11H2,1-2H3. The monoisotopic (exact) mass is 410 g/mol. The van der Waals surface area contributed by atoms with Gasteiger partial charge in [-0.15, -0.1) is 0 Å². The maximum absolute atomic E-state index is 13.3. The van der Waals surface area contributed by atoms with E-state index < -0.39 is 24.5 Å². The van der Waals surface area contributed by atoms with E-state index in [1.54, 1.807) is 12.1 Å². The number of carbonyl (C=O) groups excluding carboxylic acids is 1. The molecule has 0 bridgehead atoms. The molecule has 0 unspecified atom stereocenters. The third-order valence-electron chi connectivity index (χ3n) is 3.60. The lowest BCUT2D eigenvalue weighted by Crippen LogP contribution is -2.24. The van der Waals surface area contributed by atoms with Gasteiger partial charge in [0.05, 0.1) is 7.11 Å². The van der Waals surface area contributed by atoms with Crippen LogP contribution in [0.15, 0.2) is 58.8 Å². The van der Waals surface area contributed by atoms with Gasteiger partial charge in [-0.25, -0.2) is 4.79 Å². The van der Waals surface area contributed by atoms with Crippen LogP contribution in [-0.4, -0.2) is 42.9 Å². The minimum absolute atomic E-state index is 0.179. The third kappa shape index (κ3) is 5.71. The van der Waals surface area contributed by atoms with E-state index in [0.717, 1.165) is 19.2 Å². The molecule has 0 spiro atoms. The summed E-state index contributed by atoms with van der Waals surface area (Å²) < 4.78 is 44.6. The summed E-state index contributed by atoms with van der Waals surface area (Å²) in [6.45, 7) is -0.395. The number of aromatic hydroxyl groups is 1. The highest BCUT2D eigenvalue weighted by atomic mass is 19.4. The Kier molecular flexibility index (Phi) is 7.18. The molecule has 7 nitrogen and oxygen atoms in total. The first-order valence-corrected chi connectivity index (χ1v) is 8.12. The van der Waals surface area contributed by atoms with Crippen LogP contribution >= 0.6 is 0 Å². The Morgan fingerprint density at radius 1 is 1.07 bits per heavy atom. The molecule has 0 amide bonds. The van der Waals surface area contributed by atoms with Gasteiger partial charge in [-0.1, -0.05) is 46.7 Å². The van der Waals surface area contributed by atoms with Crippen LogP contribution in [0.4, 0.5) is 13.2 Å². The fourth-order valence-corrected chi connectivity index (χ4v) is 2.35. The van der Waals surface area contributed by atoms with Gasteiger partial charge in [0.1, 0.15) is 19.5 Å². The number of halogens is 3. The van der Waals surface area contributed by atoms with Crippen molar-refractivity contribution in [1.29, 1.82) is 0 Å². The van der Waals surface area contributed by atoms with Gasteiger partial charge in [0.25, 0.3) is 0 Å². The zero-order valence-electron chi connectivity index (χ0n) is 15.4. The normalized spacial score (nSPS) is 12.4. The molecule has 2 aromatic carbocycles. The van der Waals surface area contributed by atoms with Crippen molar-refractivity contribution in [3.63, 3.8) is 0 Å². The predicted molar refractivity (Wildman–Crippen MR) is 97.5 cm³/mol. The molecule has 2 rings (SSSR count). The van der Waals surface area contributed by atoms with Gasteiger partial charge in [0.2, 0.25) is 0 Å². The average Bonchev–Trinajstić information content (AvgIpc) is 2.68. The lowest BCUT2D eigenvalue weighted by molar-refractivity contribution is -0.132. The van der Waals surface area contributed by atoms with Crippen molar-refractivity contribution in [1.82, 2.24) is 0 Å². The molecule has 1 N–H and O–H groups in total. The first-order chi connectivity index (χ1) is 13.8. The maximum Gasteiger partial charge on any atom is 0.437 e. The Bertz CT molecular complexity index is 926. The number of esters is 1. The van der Waals surface area contributed by atoms with Crippen molar-refractivity contribution in [3.05, 3.63) is 65.2 Å². The van der Waals surface area contributed by atoms with E-state index in [1.807, 2.05) is 0 Å². The molecule has 0 saturated carbocycles. The van der Waals surface area contributed by atoms with Crippen LogP contribution in [0.2, 0.25) is 0 Å². The van der Waals surface area contributed by atoms with E-state index in [-0.39, 0.29) is 22.6 Å². The summed E-state index contributed by atoms with van der Waals surface area (Å²) in [5.74, 6) is -1.14. The number of phenolic OH excluding ortho intramolecular Hbond substituents is 1. The summed E-state index contributed by atoms with van der Waals surface area (Å²) in [4.78, 5) is 21.5. The van der Waals surface area contributed by atoms with Gasteiger partial charge in [0.15, 0.2) is 11.4 Å². The van der Waals surface area contributed by atoms with E-state index in [4.69, 9.17) is 4.84 Å². The molecule has 0 aliphatic carbocycles. The molecule has 10 heteroatoms. The van der Waals surface area contributed by atoms with Gasteiger partial charge in [0, 0.05) is 16.7 Å². The summed E-state index contributed by atoms with van der Waals surface area (Å²) >= 11 is 0. The molecule has 0 aromatic heterocycles. The summed E-state index contributed by atoms with van der Waals surface area (Å²) in [7, 11) is 2.39. The number of hydrogen-bond acceptors (Lipinski definition) is 7. The second-order valence-corrected chi connectivity index (χ2v) is 5.53. The van der Waals surface area contributed by atoms with Gasteiger partial charge in [-0.3, -0.25) is 0 Å². The zero-order chi connectivity index (χ0) is 21.4. The molecule has 0 radical (unpaired) electrons. The number of rotatable bonds is 7. The smallest absolute Gasteiger partial charge is 0.437 e. The van der Waals surface area contributed by atoms with Crippen molar-refractivity contribution in [2.24, 2.45) is 10.3 Å². The first-order valence-electron chi connectivity index (χ1n) is 8.12. The Hall–Kier alpha value is -3.56. The average molecular weight is 410 g/mol. The zero-order valence-corrected chi connectivity index (χ0v) is 15.4. The number of oxime groups is 2. The number of alkyl halides is 3. The van der Waals surface area contributed by atoms with Crippen LogP contribution in [0.1, 0.15) is 16.7 Å². The van der Waals surface area contributed by atoms with Gasteiger partial charge in [-0.2, -0.15) is 13.2 Å². The molecule has 0 saturated heterocycles. The minimum atomic E-state index is -4.82. The van der Waals surface area contributed by atoms with Crippen LogP contribution in [0.5, 0.6) is 5.75 Å². The number of ether oxygens (including phenoxy) is 1. The summed E-state index contributed by atoms with van der Waals surface area (Å²) in [5.41, 5.74) is -1.27. The lowest BCUT2D eigenvalue weighted by atomic mass is 10.0. The molecule has 154 valence electrons. The summed E-state index contributed by atoms with van der Waals surface area (Å²) in [6, 6.07) is 10.8. The molecule has 0 aliphatic rings. The number of nitrogens with zero attached hydrogens (tertiary/aromatic N) is 2.